The number of nitrogens with zero attached hydrogens (tertiary/aromatic N) is 2. The number of anilines is 6. The zero-order valence-corrected chi connectivity index (χ0v) is 47.5. The summed E-state index contributed by atoms with van der Waals surface area (Å²) in [4.78, 5) is 5.10. The van der Waals surface area contributed by atoms with Crippen molar-refractivity contribution >= 4 is 79.2 Å². The third-order valence-corrected chi connectivity index (χ3v) is 17.0. The first-order valence-corrected chi connectivity index (χ1v) is 28.2. The van der Waals surface area contributed by atoms with E-state index in [-0.39, 0.29) is 29.8 Å². The predicted molar refractivity (Wildman–Crippen MR) is 336 cm³/mol. The Morgan fingerprint density at radius 2 is 0.938 bits per heavy atom. The van der Waals surface area contributed by atoms with Crippen LogP contribution in [0.1, 0.15) is 84.6 Å². The number of aryl methyl sites for hydroxylation is 1. The van der Waals surface area contributed by atoms with Crippen molar-refractivity contribution in [2.24, 2.45) is 0 Å². The lowest BCUT2D eigenvalue weighted by Crippen LogP contribution is -2.61. The van der Waals surface area contributed by atoms with E-state index in [0.29, 0.717) is 0 Å². The molecule has 0 unspecified atom stereocenters. The summed E-state index contributed by atoms with van der Waals surface area (Å²) in [5.41, 5.74) is 26.3. The fourth-order valence-corrected chi connectivity index (χ4v) is 12.6. The monoisotopic (exact) mass is 1040 g/mol. The minimum absolute atomic E-state index is 0.0217. The number of furan rings is 1. The maximum Gasteiger partial charge on any atom is 0.252 e. The van der Waals surface area contributed by atoms with Gasteiger partial charge in [-0.1, -0.05) is 190 Å². The molecule has 0 bridgehead atoms. The molecule has 6 heteroatoms. The van der Waals surface area contributed by atoms with E-state index < -0.39 is 0 Å². The maximum atomic E-state index is 6.55. The molecule has 5 nitrogen and oxygen atoms in total. The van der Waals surface area contributed by atoms with Gasteiger partial charge in [0.25, 0.3) is 6.71 Å². The predicted octanol–water partition coefficient (Wildman–Crippen LogP) is 18.3. The lowest BCUT2D eigenvalue weighted by molar-refractivity contribution is 0.174. The van der Waals surface area contributed by atoms with Crippen molar-refractivity contribution in [1.82, 2.24) is 0 Å². The van der Waals surface area contributed by atoms with E-state index >= 15 is 0 Å². The van der Waals surface area contributed by atoms with E-state index in [1.165, 1.54) is 44.2 Å². The third kappa shape index (κ3) is 8.29. The SMILES string of the molecule is Cc1cc2c3c(c1)N(c1cc4c(cc1-c1ccccc1)OCO4)c1ccc(C(C)(C)C)cc1B3c1ccc(-c3ccc4c(c3)oc3ccccc34)cc1N2c1cc(-c2ccc(C(C)(C)C)cc2)cc(-c2ccc(C(C)(C)C)cc2)c1. The molecule has 392 valence electrons. The lowest BCUT2D eigenvalue weighted by Gasteiger charge is -2.45. The molecule has 14 rings (SSSR count). The van der Waals surface area contributed by atoms with Gasteiger partial charge in [0.15, 0.2) is 11.5 Å². The van der Waals surface area contributed by atoms with Gasteiger partial charge in [-0.2, -0.15) is 0 Å². The molecule has 3 aliphatic rings. The number of fused-ring (bicyclic) bond motifs is 8. The van der Waals surface area contributed by atoms with Gasteiger partial charge in [0.2, 0.25) is 6.79 Å². The van der Waals surface area contributed by atoms with Crippen LogP contribution in [-0.4, -0.2) is 13.5 Å². The summed E-state index contributed by atoms with van der Waals surface area (Å²) in [6.45, 7) is 23.0. The molecule has 0 aliphatic carbocycles. The molecule has 3 aliphatic heterocycles. The average Bonchev–Trinajstić information content (AvgIpc) is 4.24. The molecular formula is C74H65BN2O3. The van der Waals surface area contributed by atoms with E-state index in [2.05, 4.69) is 273 Å². The molecule has 11 aromatic rings. The summed E-state index contributed by atoms with van der Waals surface area (Å²) in [5, 5.41) is 2.24. The van der Waals surface area contributed by atoms with Gasteiger partial charge in [0, 0.05) is 50.8 Å². The van der Waals surface area contributed by atoms with Crippen molar-refractivity contribution in [2.75, 3.05) is 16.6 Å². The van der Waals surface area contributed by atoms with Crippen LogP contribution in [0.3, 0.4) is 0 Å². The second kappa shape index (κ2) is 18.2. The molecule has 1 aromatic heterocycles. The molecule has 0 radical (unpaired) electrons. The van der Waals surface area contributed by atoms with Gasteiger partial charge in [-0.25, -0.2) is 0 Å². The second-order valence-corrected chi connectivity index (χ2v) is 25.4. The quantitative estimate of drug-likeness (QED) is 0.155. The molecular weight excluding hydrogens is 976 g/mol. The Morgan fingerprint density at radius 3 is 1.60 bits per heavy atom. The smallest absolute Gasteiger partial charge is 0.252 e. The number of hydrogen-bond acceptors (Lipinski definition) is 5. The molecule has 0 N–H and O–H groups in total. The normalized spacial score (nSPS) is 13.7. The molecule has 10 aromatic carbocycles. The van der Waals surface area contributed by atoms with Crippen LogP contribution < -0.4 is 35.7 Å². The van der Waals surface area contributed by atoms with Gasteiger partial charge in [0.05, 0.1) is 5.69 Å². The van der Waals surface area contributed by atoms with Crippen molar-refractivity contribution in [3.05, 3.63) is 222 Å². The van der Waals surface area contributed by atoms with Crippen molar-refractivity contribution in [2.45, 2.75) is 85.5 Å². The topological polar surface area (TPSA) is 38.1 Å². The molecule has 0 spiro atoms. The summed E-state index contributed by atoms with van der Waals surface area (Å²) in [7, 11) is 0. The Morgan fingerprint density at radius 1 is 0.375 bits per heavy atom. The highest BCUT2D eigenvalue weighted by Crippen LogP contribution is 2.52. The first-order valence-electron chi connectivity index (χ1n) is 28.2. The van der Waals surface area contributed by atoms with Crippen molar-refractivity contribution in [3.63, 3.8) is 0 Å². The fourth-order valence-electron chi connectivity index (χ4n) is 12.6. The maximum absolute atomic E-state index is 6.55. The van der Waals surface area contributed by atoms with Crippen LogP contribution in [0.15, 0.2) is 205 Å². The zero-order chi connectivity index (χ0) is 55.0. The van der Waals surface area contributed by atoms with Gasteiger partial charge in [0.1, 0.15) is 11.2 Å². The van der Waals surface area contributed by atoms with E-state index in [9.17, 15) is 0 Å². The van der Waals surface area contributed by atoms with Gasteiger partial charge in [-0.3, -0.25) is 0 Å². The minimum Gasteiger partial charge on any atom is -0.456 e. The molecule has 0 amide bonds. The van der Waals surface area contributed by atoms with Crippen molar-refractivity contribution in [1.29, 1.82) is 0 Å². The van der Waals surface area contributed by atoms with Crippen molar-refractivity contribution < 1.29 is 13.9 Å². The first kappa shape index (κ1) is 49.6. The molecule has 4 heterocycles. The van der Waals surface area contributed by atoms with E-state index in [0.717, 1.165) is 107 Å². The zero-order valence-electron chi connectivity index (χ0n) is 47.5. The van der Waals surface area contributed by atoms with Gasteiger partial charge >= 0.3 is 0 Å². The van der Waals surface area contributed by atoms with E-state index in [1.54, 1.807) is 0 Å². The molecule has 0 fully saturated rings. The largest absolute Gasteiger partial charge is 0.456 e. The highest BCUT2D eigenvalue weighted by Gasteiger charge is 2.45. The van der Waals surface area contributed by atoms with Crippen LogP contribution in [0.4, 0.5) is 34.1 Å². The standard InChI is InChI=1S/C74H65BN2O3/c1-45-34-65-71-66(35-45)77(63-43-70-69(78-44-79-70)42-59(63)48-16-12-11-13-17-48)62-33-30-55(74(8,9)10)41-61(62)75(71)60-32-25-49(50-24-31-58-57-18-14-15-19-67(57)80-68(58)40-50)39-64(60)76(65)56-37-51(46-20-26-53(27-21-46)72(2,3)4)36-52(38-56)47-22-28-54(29-23-47)73(5,6)7/h11-43H,44H2,1-10H3. The minimum atomic E-state index is -0.112. The first-order chi connectivity index (χ1) is 38.4. The Kier molecular flexibility index (Phi) is 11.2. The Bertz CT molecular complexity index is 4210. The highest BCUT2D eigenvalue weighted by molar-refractivity contribution is 7.00. The molecule has 0 saturated carbocycles. The number of benzene rings is 10. The summed E-state index contributed by atoms with van der Waals surface area (Å²) < 4.78 is 18.9. The highest BCUT2D eigenvalue weighted by atomic mass is 16.7. The van der Waals surface area contributed by atoms with Crippen LogP contribution in [0.2, 0.25) is 0 Å². The Balaban J connectivity index is 1.06. The van der Waals surface area contributed by atoms with E-state index in [1.807, 2.05) is 6.07 Å². The average molecular weight is 1040 g/mol. The number of rotatable bonds is 6. The van der Waals surface area contributed by atoms with Crippen LogP contribution in [0.25, 0.3) is 66.4 Å². The summed E-state index contributed by atoms with van der Waals surface area (Å²) in [6, 6.07) is 75.0. The Hall–Kier alpha value is -8.74. The van der Waals surface area contributed by atoms with Gasteiger partial charge < -0.3 is 23.7 Å². The Labute approximate surface area is 471 Å². The van der Waals surface area contributed by atoms with E-state index in [4.69, 9.17) is 13.9 Å². The second-order valence-electron chi connectivity index (χ2n) is 25.4. The number of hydrogen-bond donors (Lipinski definition) is 0. The summed E-state index contributed by atoms with van der Waals surface area (Å²) in [6.07, 6.45) is 0. The van der Waals surface area contributed by atoms with Gasteiger partial charge in [-0.15, -0.1) is 0 Å². The summed E-state index contributed by atoms with van der Waals surface area (Å²) in [5.74, 6) is 1.50. The van der Waals surface area contributed by atoms with Crippen LogP contribution in [0, 0.1) is 6.92 Å². The number of para-hydroxylation sites is 1. The fraction of sp³-hybridized carbons (Fsp3) is 0.189. The van der Waals surface area contributed by atoms with Crippen LogP contribution >= 0.6 is 0 Å². The van der Waals surface area contributed by atoms with Gasteiger partial charge in [-0.05, 0) is 167 Å². The lowest BCUT2D eigenvalue weighted by atomic mass is 9.33. The third-order valence-electron chi connectivity index (χ3n) is 17.0. The summed E-state index contributed by atoms with van der Waals surface area (Å²) >= 11 is 0. The molecule has 0 atom stereocenters. The molecule has 80 heavy (non-hydrogen) atoms. The van der Waals surface area contributed by atoms with Crippen molar-refractivity contribution in [3.8, 4) is 56.0 Å². The van der Waals surface area contributed by atoms with Crippen LogP contribution in [0.5, 0.6) is 11.5 Å². The number of ether oxygens (including phenoxy) is 2. The molecule has 0 saturated heterocycles. The van der Waals surface area contributed by atoms with Crippen LogP contribution in [-0.2, 0) is 16.2 Å².